The van der Waals surface area contributed by atoms with Crippen molar-refractivity contribution < 1.29 is 19.0 Å². The topological polar surface area (TPSA) is 90.7 Å². The SMILES string of the molecule is COc1cc([C@@H]2CC(=O)C3=C(C2)Nc2ncnn2[C@@H]3c2ccc(N(C)C)cc2)cc(OC)c1OC. The van der Waals surface area contributed by atoms with Crippen LogP contribution in [0.4, 0.5) is 11.6 Å². The summed E-state index contributed by atoms with van der Waals surface area (Å²) in [7, 11) is 8.77. The molecule has 0 saturated carbocycles. The fraction of sp³-hybridized carbons (Fsp3) is 0.346. The Balaban J connectivity index is 1.55. The number of rotatable bonds is 6. The van der Waals surface area contributed by atoms with Crippen LogP contribution in [0.3, 0.4) is 0 Å². The number of carbonyl (C=O) groups excluding carboxylic acids is 1. The van der Waals surface area contributed by atoms with Crippen molar-refractivity contribution in [3.05, 3.63) is 65.1 Å². The molecule has 9 heteroatoms. The summed E-state index contributed by atoms with van der Waals surface area (Å²) in [4.78, 5) is 20.1. The Labute approximate surface area is 204 Å². The average molecular weight is 476 g/mol. The minimum Gasteiger partial charge on any atom is -0.493 e. The van der Waals surface area contributed by atoms with Crippen LogP contribution in [0.15, 0.2) is 54.0 Å². The van der Waals surface area contributed by atoms with Crippen molar-refractivity contribution in [1.82, 2.24) is 14.8 Å². The molecule has 9 nitrogen and oxygen atoms in total. The summed E-state index contributed by atoms with van der Waals surface area (Å²) in [5.41, 5.74) is 4.66. The van der Waals surface area contributed by atoms with Crippen molar-refractivity contribution in [3.8, 4) is 17.2 Å². The van der Waals surface area contributed by atoms with Gasteiger partial charge in [-0.1, -0.05) is 12.1 Å². The smallest absolute Gasteiger partial charge is 0.226 e. The molecular weight excluding hydrogens is 446 g/mol. The van der Waals surface area contributed by atoms with Crippen molar-refractivity contribution in [1.29, 1.82) is 0 Å². The van der Waals surface area contributed by atoms with Crippen LogP contribution in [0.1, 0.15) is 35.9 Å². The lowest BCUT2D eigenvalue weighted by Crippen LogP contribution is -2.33. The second-order valence-corrected chi connectivity index (χ2v) is 8.92. The van der Waals surface area contributed by atoms with Crippen LogP contribution >= 0.6 is 0 Å². The number of ketones is 1. The van der Waals surface area contributed by atoms with Crippen LogP contribution in [0.25, 0.3) is 0 Å². The number of aromatic nitrogens is 3. The third kappa shape index (κ3) is 3.86. The third-order valence-electron chi connectivity index (χ3n) is 6.75. The largest absolute Gasteiger partial charge is 0.493 e. The molecule has 182 valence electrons. The van der Waals surface area contributed by atoms with E-state index in [0.717, 1.165) is 28.1 Å². The number of fused-ring (bicyclic) bond motifs is 1. The maximum atomic E-state index is 13.7. The number of hydrogen-bond donors (Lipinski definition) is 1. The van der Waals surface area contributed by atoms with Gasteiger partial charge in [-0.3, -0.25) is 4.79 Å². The number of allylic oxidation sites excluding steroid dienone is 2. The number of ether oxygens (including phenoxy) is 3. The fourth-order valence-corrected chi connectivity index (χ4v) is 4.99. The summed E-state index contributed by atoms with van der Waals surface area (Å²) in [6.07, 6.45) is 2.54. The molecule has 3 aromatic rings. The molecule has 2 atom stereocenters. The minimum atomic E-state index is -0.326. The number of hydrogen-bond acceptors (Lipinski definition) is 8. The molecule has 0 saturated heterocycles. The molecule has 0 radical (unpaired) electrons. The lowest BCUT2D eigenvalue weighted by molar-refractivity contribution is -0.116. The Kier molecular flexibility index (Phi) is 5.84. The molecular formula is C26H29N5O4. The molecule has 0 bridgehead atoms. The Hall–Kier alpha value is -4.01. The van der Waals surface area contributed by atoms with Crippen molar-refractivity contribution in [3.63, 3.8) is 0 Å². The first-order chi connectivity index (χ1) is 16.9. The number of Topliss-reactive ketones (excluding diaryl/α,β-unsaturated/α-hetero) is 1. The number of methoxy groups -OCH3 is 3. The van der Waals surface area contributed by atoms with Crippen LogP contribution in [-0.4, -0.2) is 56.0 Å². The normalized spacial score (nSPS) is 18.9. The predicted molar refractivity (Wildman–Crippen MR) is 133 cm³/mol. The van der Waals surface area contributed by atoms with E-state index < -0.39 is 0 Å². The molecule has 0 spiro atoms. The van der Waals surface area contributed by atoms with E-state index in [-0.39, 0.29) is 17.7 Å². The molecule has 5 rings (SSSR count). The van der Waals surface area contributed by atoms with Crippen LogP contribution < -0.4 is 24.4 Å². The van der Waals surface area contributed by atoms with Crippen molar-refractivity contribution in [2.75, 3.05) is 45.6 Å². The second-order valence-electron chi connectivity index (χ2n) is 8.92. The molecule has 2 aromatic carbocycles. The van der Waals surface area contributed by atoms with Gasteiger partial charge in [0.15, 0.2) is 17.3 Å². The Morgan fingerprint density at radius 2 is 1.66 bits per heavy atom. The van der Waals surface area contributed by atoms with Crippen LogP contribution in [0.2, 0.25) is 0 Å². The van der Waals surface area contributed by atoms with Crippen molar-refractivity contribution in [2.45, 2.75) is 24.8 Å². The number of nitrogens with zero attached hydrogens (tertiary/aromatic N) is 4. The molecule has 1 N–H and O–H groups in total. The van der Waals surface area contributed by atoms with E-state index in [0.29, 0.717) is 36.0 Å². The first kappa shape index (κ1) is 22.8. The second kappa shape index (κ2) is 8.98. The predicted octanol–water partition coefficient (Wildman–Crippen LogP) is 3.79. The van der Waals surface area contributed by atoms with E-state index in [9.17, 15) is 4.79 Å². The van der Waals surface area contributed by atoms with E-state index in [1.807, 2.05) is 31.1 Å². The Morgan fingerprint density at radius 3 is 2.26 bits per heavy atom. The van der Waals surface area contributed by atoms with E-state index in [1.165, 1.54) is 6.33 Å². The highest BCUT2D eigenvalue weighted by Crippen LogP contribution is 2.47. The number of anilines is 2. The molecule has 0 fully saturated rings. The maximum absolute atomic E-state index is 13.7. The summed E-state index contributed by atoms with van der Waals surface area (Å²) >= 11 is 0. The number of nitrogens with one attached hydrogen (secondary N) is 1. The highest BCUT2D eigenvalue weighted by Gasteiger charge is 2.39. The van der Waals surface area contributed by atoms with E-state index in [4.69, 9.17) is 14.2 Å². The van der Waals surface area contributed by atoms with Gasteiger partial charge < -0.3 is 24.4 Å². The molecule has 2 aliphatic rings. The van der Waals surface area contributed by atoms with Crippen LogP contribution in [-0.2, 0) is 4.79 Å². The summed E-state index contributed by atoms with van der Waals surface area (Å²) in [6, 6.07) is 11.7. The van der Waals surface area contributed by atoms with E-state index in [2.05, 4.69) is 39.7 Å². The highest BCUT2D eigenvalue weighted by molar-refractivity contribution is 6.00. The summed E-state index contributed by atoms with van der Waals surface area (Å²) < 4.78 is 18.3. The monoisotopic (exact) mass is 475 g/mol. The van der Waals surface area contributed by atoms with Crippen LogP contribution in [0, 0.1) is 0 Å². The van der Waals surface area contributed by atoms with Gasteiger partial charge in [0.05, 0.1) is 21.3 Å². The van der Waals surface area contributed by atoms with E-state index >= 15 is 0 Å². The molecule has 2 heterocycles. The van der Waals surface area contributed by atoms with Gasteiger partial charge in [-0.25, -0.2) is 4.68 Å². The minimum absolute atomic E-state index is 0.0475. The van der Waals surface area contributed by atoms with Gasteiger partial charge in [0.25, 0.3) is 0 Å². The van der Waals surface area contributed by atoms with Gasteiger partial charge in [0.1, 0.15) is 12.4 Å². The third-order valence-corrected chi connectivity index (χ3v) is 6.75. The summed E-state index contributed by atoms with van der Waals surface area (Å²) in [5.74, 6) is 2.34. The quantitative estimate of drug-likeness (QED) is 0.576. The standard InChI is InChI=1S/C26H29N5O4/c1-30(2)18-8-6-15(7-9-18)24-23-19(29-26-27-14-28-31(24)26)10-16(11-20(23)32)17-12-21(33-3)25(35-5)22(13-17)34-4/h6-9,12-14,16,24H,10-11H2,1-5H3,(H,27,28,29)/t16-,24+/m0/s1. The summed E-state index contributed by atoms with van der Waals surface area (Å²) in [5, 5.41) is 7.81. The zero-order valence-electron chi connectivity index (χ0n) is 20.5. The molecule has 1 aliphatic carbocycles. The van der Waals surface area contributed by atoms with Crippen molar-refractivity contribution >= 4 is 17.4 Å². The molecule has 35 heavy (non-hydrogen) atoms. The molecule has 0 unspecified atom stereocenters. The lowest BCUT2D eigenvalue weighted by atomic mass is 9.77. The van der Waals surface area contributed by atoms with Gasteiger partial charge in [-0.15, -0.1) is 0 Å². The fourth-order valence-electron chi connectivity index (χ4n) is 4.99. The highest BCUT2D eigenvalue weighted by atomic mass is 16.5. The van der Waals surface area contributed by atoms with Crippen molar-refractivity contribution in [2.24, 2.45) is 0 Å². The molecule has 0 amide bonds. The maximum Gasteiger partial charge on any atom is 0.226 e. The Bertz CT molecular complexity index is 1270. The van der Waals surface area contributed by atoms with E-state index in [1.54, 1.807) is 26.0 Å². The molecule has 1 aliphatic heterocycles. The number of benzene rings is 2. The zero-order chi connectivity index (χ0) is 24.7. The Morgan fingerprint density at radius 1 is 0.971 bits per heavy atom. The average Bonchev–Trinajstić information content (AvgIpc) is 3.34. The summed E-state index contributed by atoms with van der Waals surface area (Å²) in [6.45, 7) is 0. The van der Waals surface area contributed by atoms with Gasteiger partial charge in [0.2, 0.25) is 11.7 Å². The zero-order valence-corrected chi connectivity index (χ0v) is 20.5. The number of carbonyl (C=O) groups is 1. The first-order valence-corrected chi connectivity index (χ1v) is 11.4. The van der Waals surface area contributed by atoms with Gasteiger partial charge in [-0.05, 0) is 47.7 Å². The van der Waals surface area contributed by atoms with Gasteiger partial charge >= 0.3 is 0 Å². The van der Waals surface area contributed by atoms with Gasteiger partial charge in [-0.2, -0.15) is 10.1 Å². The van der Waals surface area contributed by atoms with Gasteiger partial charge in [0, 0.05) is 37.5 Å². The molecule has 1 aromatic heterocycles. The lowest BCUT2D eigenvalue weighted by Gasteiger charge is -2.35. The first-order valence-electron chi connectivity index (χ1n) is 11.4. The van der Waals surface area contributed by atoms with Crippen LogP contribution in [0.5, 0.6) is 17.2 Å².